The minimum absolute atomic E-state index is 0.0668. The average molecular weight is 653 g/mol. The molecule has 0 saturated heterocycles. The highest BCUT2D eigenvalue weighted by molar-refractivity contribution is 5.89. The molecule has 3 amide bonds. The van der Waals surface area contributed by atoms with Crippen LogP contribution in [0.3, 0.4) is 0 Å². The Morgan fingerprint density at radius 3 is 2.11 bits per heavy atom. The van der Waals surface area contributed by atoms with E-state index in [0.29, 0.717) is 56.7 Å². The number of aromatic nitrogens is 1. The van der Waals surface area contributed by atoms with Crippen LogP contribution < -0.4 is 26.0 Å². The van der Waals surface area contributed by atoms with Crippen molar-refractivity contribution in [2.75, 3.05) is 45.7 Å². The van der Waals surface area contributed by atoms with Crippen LogP contribution in [-0.2, 0) is 20.8 Å². The molecule has 10 nitrogen and oxygen atoms in total. The van der Waals surface area contributed by atoms with Gasteiger partial charge < -0.3 is 30.9 Å². The Kier molecular flexibility index (Phi) is 21.4. The largest absolute Gasteiger partial charge is 0.494 e. The fourth-order valence-corrected chi connectivity index (χ4v) is 5.08. The van der Waals surface area contributed by atoms with Crippen LogP contribution in [0.2, 0.25) is 0 Å². The van der Waals surface area contributed by atoms with Crippen LogP contribution in [0.4, 0.5) is 5.69 Å². The van der Waals surface area contributed by atoms with Gasteiger partial charge in [0, 0.05) is 49.9 Å². The Bertz CT molecular complexity index is 1110. The molecule has 1 heterocycles. The highest BCUT2D eigenvalue weighted by Gasteiger charge is 2.20. The number of carbonyl (C=O) groups is 3. The molecule has 4 N–H and O–H groups in total. The standard InChI is InChI=1S/C37H60N6O4/c1-4-5-6-7-8-9-10-11-12-14-27-39-34(44)20-17-30-47-33-23-21-32(22-24-33)41-36(42-35(45)19-16-29-43(2)3)37(46)40-28-25-31-18-13-15-26-38-31/h13,15,18,21-24,26,36,41H,4-12,14,16-17,19-20,25,27-30H2,1-3H3,(H,39,44)(H,40,46)(H,42,45). The molecule has 2 rings (SSSR count). The number of carbonyl (C=O) groups excluding carboxylic acids is 3. The zero-order valence-electron chi connectivity index (χ0n) is 29.2. The van der Waals surface area contributed by atoms with Crippen molar-refractivity contribution < 1.29 is 19.1 Å². The molecule has 1 aromatic carbocycles. The highest BCUT2D eigenvalue weighted by atomic mass is 16.5. The number of unbranched alkanes of at least 4 members (excludes halogenated alkanes) is 9. The number of anilines is 1. The Labute approximate surface area is 283 Å². The summed E-state index contributed by atoms with van der Waals surface area (Å²) in [5, 5.41) is 11.9. The first-order valence-corrected chi connectivity index (χ1v) is 17.7. The predicted octanol–water partition coefficient (Wildman–Crippen LogP) is 5.83. The van der Waals surface area contributed by atoms with Crippen molar-refractivity contribution in [1.29, 1.82) is 0 Å². The van der Waals surface area contributed by atoms with Crippen molar-refractivity contribution in [2.45, 2.75) is 109 Å². The van der Waals surface area contributed by atoms with E-state index in [0.717, 1.165) is 25.2 Å². The molecule has 47 heavy (non-hydrogen) atoms. The molecule has 0 bridgehead atoms. The summed E-state index contributed by atoms with van der Waals surface area (Å²) < 4.78 is 5.83. The van der Waals surface area contributed by atoms with E-state index < -0.39 is 6.17 Å². The topological polar surface area (TPSA) is 125 Å². The number of ether oxygens (including phenoxy) is 1. The molecule has 262 valence electrons. The van der Waals surface area contributed by atoms with E-state index in [2.05, 4.69) is 33.2 Å². The molecule has 0 aliphatic carbocycles. The number of amides is 3. The molecule has 2 aromatic rings. The summed E-state index contributed by atoms with van der Waals surface area (Å²) in [6.07, 6.45) is 16.3. The van der Waals surface area contributed by atoms with E-state index in [1.165, 1.54) is 57.8 Å². The van der Waals surface area contributed by atoms with E-state index in [1.54, 1.807) is 18.3 Å². The lowest BCUT2D eigenvalue weighted by Gasteiger charge is -2.21. The molecule has 0 saturated carbocycles. The second-order valence-electron chi connectivity index (χ2n) is 12.4. The smallest absolute Gasteiger partial charge is 0.263 e. The van der Waals surface area contributed by atoms with E-state index in [1.807, 2.05) is 49.3 Å². The summed E-state index contributed by atoms with van der Waals surface area (Å²) in [6, 6.07) is 12.9. The number of nitrogens with one attached hydrogen (secondary N) is 4. The van der Waals surface area contributed by atoms with Gasteiger partial charge in [0.05, 0.1) is 6.61 Å². The summed E-state index contributed by atoms with van der Waals surface area (Å²) in [4.78, 5) is 44.2. The zero-order valence-corrected chi connectivity index (χ0v) is 29.2. The van der Waals surface area contributed by atoms with Crippen LogP contribution in [0.25, 0.3) is 0 Å². The Hall–Kier alpha value is -3.66. The number of pyridine rings is 1. The molecule has 0 radical (unpaired) electrons. The third-order valence-electron chi connectivity index (χ3n) is 7.82. The van der Waals surface area contributed by atoms with Gasteiger partial charge >= 0.3 is 0 Å². The first-order chi connectivity index (χ1) is 22.9. The van der Waals surface area contributed by atoms with Gasteiger partial charge in [0.1, 0.15) is 5.75 Å². The summed E-state index contributed by atoms with van der Waals surface area (Å²) in [5.74, 6) is 0.216. The third-order valence-corrected chi connectivity index (χ3v) is 7.82. The molecular formula is C37H60N6O4. The van der Waals surface area contributed by atoms with Crippen molar-refractivity contribution in [3.8, 4) is 5.75 Å². The predicted molar refractivity (Wildman–Crippen MR) is 190 cm³/mol. The molecule has 1 aromatic heterocycles. The first-order valence-electron chi connectivity index (χ1n) is 17.7. The van der Waals surface area contributed by atoms with Crippen molar-refractivity contribution in [3.63, 3.8) is 0 Å². The van der Waals surface area contributed by atoms with Crippen LogP contribution in [0, 0.1) is 0 Å². The van der Waals surface area contributed by atoms with Crippen LogP contribution in [0.15, 0.2) is 48.7 Å². The van der Waals surface area contributed by atoms with E-state index in [-0.39, 0.29) is 17.7 Å². The Balaban J connectivity index is 1.68. The monoisotopic (exact) mass is 652 g/mol. The first kappa shape index (κ1) is 39.5. The van der Waals surface area contributed by atoms with Gasteiger partial charge in [-0.3, -0.25) is 19.4 Å². The summed E-state index contributed by atoms with van der Waals surface area (Å²) in [7, 11) is 3.92. The number of rotatable bonds is 27. The maximum absolute atomic E-state index is 13.1. The lowest BCUT2D eigenvalue weighted by Crippen LogP contribution is -2.51. The van der Waals surface area contributed by atoms with Gasteiger partial charge in [-0.05, 0) is 76.3 Å². The summed E-state index contributed by atoms with van der Waals surface area (Å²) in [6.45, 7) is 4.61. The number of hydrogen-bond donors (Lipinski definition) is 4. The highest BCUT2D eigenvalue weighted by Crippen LogP contribution is 2.17. The van der Waals surface area contributed by atoms with Crippen LogP contribution in [0.1, 0.15) is 103 Å². The number of nitrogens with zero attached hydrogens (tertiary/aromatic N) is 2. The molecule has 0 aliphatic rings. The van der Waals surface area contributed by atoms with Gasteiger partial charge in [0.15, 0.2) is 6.17 Å². The lowest BCUT2D eigenvalue weighted by molar-refractivity contribution is -0.128. The van der Waals surface area contributed by atoms with Gasteiger partial charge in [-0.2, -0.15) is 0 Å². The molecule has 0 aliphatic heterocycles. The number of hydrogen-bond acceptors (Lipinski definition) is 7. The van der Waals surface area contributed by atoms with Crippen LogP contribution in [0.5, 0.6) is 5.75 Å². The molecule has 1 atom stereocenters. The maximum Gasteiger partial charge on any atom is 0.263 e. The van der Waals surface area contributed by atoms with Gasteiger partial charge in [-0.1, -0.05) is 70.8 Å². The quantitative estimate of drug-likeness (QED) is 0.0707. The van der Waals surface area contributed by atoms with Gasteiger partial charge in [0.25, 0.3) is 5.91 Å². The van der Waals surface area contributed by atoms with Crippen LogP contribution in [-0.4, -0.2) is 74.1 Å². The summed E-state index contributed by atoms with van der Waals surface area (Å²) >= 11 is 0. The van der Waals surface area contributed by atoms with Gasteiger partial charge in [-0.25, -0.2) is 0 Å². The minimum atomic E-state index is -0.934. The third kappa shape index (κ3) is 20.2. The van der Waals surface area contributed by atoms with Gasteiger partial charge in [0.2, 0.25) is 11.8 Å². The second kappa shape index (κ2) is 25.4. The van der Waals surface area contributed by atoms with Crippen molar-refractivity contribution in [3.05, 3.63) is 54.4 Å². The minimum Gasteiger partial charge on any atom is -0.494 e. The Morgan fingerprint density at radius 1 is 0.766 bits per heavy atom. The van der Waals surface area contributed by atoms with Crippen LogP contribution >= 0.6 is 0 Å². The normalized spacial score (nSPS) is 11.6. The maximum atomic E-state index is 13.1. The molecule has 0 spiro atoms. The fourth-order valence-electron chi connectivity index (χ4n) is 5.08. The Morgan fingerprint density at radius 2 is 1.45 bits per heavy atom. The van der Waals surface area contributed by atoms with E-state index in [9.17, 15) is 14.4 Å². The second-order valence-corrected chi connectivity index (χ2v) is 12.4. The SMILES string of the molecule is CCCCCCCCCCCCNC(=O)CCCOc1ccc(NC(NC(=O)CCCN(C)C)C(=O)NCCc2ccccn2)cc1. The van der Waals surface area contributed by atoms with E-state index in [4.69, 9.17) is 4.74 Å². The van der Waals surface area contributed by atoms with E-state index >= 15 is 0 Å². The summed E-state index contributed by atoms with van der Waals surface area (Å²) in [5.41, 5.74) is 1.55. The number of benzene rings is 1. The molecule has 10 heteroatoms. The van der Waals surface area contributed by atoms with Crippen molar-refractivity contribution in [2.24, 2.45) is 0 Å². The molecule has 0 fully saturated rings. The van der Waals surface area contributed by atoms with Crippen molar-refractivity contribution in [1.82, 2.24) is 25.8 Å². The average Bonchev–Trinajstić information content (AvgIpc) is 3.06. The van der Waals surface area contributed by atoms with Crippen molar-refractivity contribution >= 4 is 23.4 Å². The molecule has 1 unspecified atom stereocenters. The lowest BCUT2D eigenvalue weighted by atomic mass is 10.1. The fraction of sp³-hybridized carbons (Fsp3) is 0.622. The zero-order chi connectivity index (χ0) is 34.0. The van der Waals surface area contributed by atoms with Gasteiger partial charge in [-0.15, -0.1) is 0 Å². The molecular weight excluding hydrogens is 592 g/mol.